The number of hydrogen-bond acceptors (Lipinski definition) is 9. The van der Waals surface area contributed by atoms with Crippen LogP contribution in [0.2, 0.25) is 5.02 Å². The number of sulfone groups is 1. The Morgan fingerprint density at radius 3 is 2.32 bits per heavy atom. The number of rotatable bonds is 11. The van der Waals surface area contributed by atoms with Crippen molar-refractivity contribution in [3.63, 3.8) is 0 Å². The van der Waals surface area contributed by atoms with Crippen LogP contribution in [-0.4, -0.2) is 64.4 Å². The first kappa shape index (κ1) is 40.3. The highest BCUT2D eigenvalue weighted by molar-refractivity contribution is 7.92. The zero-order valence-electron chi connectivity index (χ0n) is 30.6. The van der Waals surface area contributed by atoms with E-state index in [4.69, 9.17) is 17.3 Å². The molecule has 23 heteroatoms. The van der Waals surface area contributed by atoms with Crippen LogP contribution in [0, 0.1) is 17.6 Å². The van der Waals surface area contributed by atoms with Gasteiger partial charge in [-0.25, -0.2) is 44.1 Å². The Labute approximate surface area is 334 Å². The van der Waals surface area contributed by atoms with Gasteiger partial charge in [0.25, 0.3) is 17.9 Å². The number of anilines is 1. The molecule has 6 aromatic rings. The van der Waals surface area contributed by atoms with E-state index in [0.29, 0.717) is 10.7 Å². The predicted molar refractivity (Wildman–Crippen MR) is 201 cm³/mol. The average molecular weight is 883 g/mol. The highest BCUT2D eigenvalue weighted by Crippen LogP contribution is 2.68. The van der Waals surface area contributed by atoms with E-state index in [0.717, 1.165) is 52.1 Å². The number of benzene rings is 3. The Balaban J connectivity index is 1.51. The SMILES string of the molecule is Cn1nc(NS(C)(=O)=O)c2c(Cl)ccc(-n3c([C@@H](Cc4cc(F)cc(F)c4)C(C(N)=O)n4nc(C(F)F)c5c4C(F)(F)[C@@H]4C[C@H]54)nc4cc(S(C)(=O)=O)ccc4c3=O)c21. The van der Waals surface area contributed by atoms with Crippen LogP contribution < -0.4 is 16.0 Å². The Morgan fingerprint density at radius 2 is 1.71 bits per heavy atom. The second-order valence-electron chi connectivity index (χ2n) is 14.6. The second kappa shape index (κ2) is 13.5. The zero-order valence-corrected chi connectivity index (χ0v) is 33.0. The van der Waals surface area contributed by atoms with Crippen LogP contribution in [0.5, 0.6) is 0 Å². The van der Waals surface area contributed by atoms with Crippen LogP contribution in [0.25, 0.3) is 27.5 Å². The quantitative estimate of drug-likeness (QED) is 0.161. The molecule has 3 N–H and O–H groups in total. The van der Waals surface area contributed by atoms with Gasteiger partial charge in [-0.3, -0.25) is 23.6 Å². The number of fused-ring (bicyclic) bond motifs is 5. The first-order chi connectivity index (χ1) is 27.5. The molecule has 310 valence electrons. The van der Waals surface area contributed by atoms with Crippen molar-refractivity contribution in [1.82, 2.24) is 29.1 Å². The van der Waals surface area contributed by atoms with Gasteiger partial charge in [-0.2, -0.15) is 19.0 Å². The number of amides is 1. The van der Waals surface area contributed by atoms with Gasteiger partial charge in [0.1, 0.15) is 34.9 Å². The molecular formula is C36H29ClF6N8O6S2. The molecule has 1 fully saturated rings. The highest BCUT2D eigenvalue weighted by atomic mass is 35.5. The maximum absolute atomic E-state index is 16.1. The third kappa shape index (κ3) is 6.69. The van der Waals surface area contributed by atoms with Crippen LogP contribution in [0.15, 0.2) is 58.2 Å². The molecule has 0 spiro atoms. The van der Waals surface area contributed by atoms with Gasteiger partial charge < -0.3 is 5.73 Å². The van der Waals surface area contributed by atoms with E-state index >= 15 is 8.78 Å². The van der Waals surface area contributed by atoms with Crippen molar-refractivity contribution < 1.29 is 48.0 Å². The fourth-order valence-electron chi connectivity index (χ4n) is 8.11. The Hall–Kier alpha value is -5.48. The lowest BCUT2D eigenvalue weighted by molar-refractivity contribution is -0.122. The smallest absolute Gasteiger partial charge is 0.293 e. The Bertz CT molecular complexity index is 3080. The van der Waals surface area contributed by atoms with E-state index in [9.17, 15) is 44.0 Å². The summed E-state index contributed by atoms with van der Waals surface area (Å²) in [6.45, 7) is 0. The molecule has 3 heterocycles. The van der Waals surface area contributed by atoms with Crippen molar-refractivity contribution in [1.29, 1.82) is 0 Å². The third-order valence-corrected chi connectivity index (χ3v) is 12.5. The maximum atomic E-state index is 16.1. The first-order valence-electron chi connectivity index (χ1n) is 17.4. The summed E-state index contributed by atoms with van der Waals surface area (Å²) in [6, 6.07) is 5.78. The second-order valence-corrected chi connectivity index (χ2v) is 18.8. The molecule has 1 unspecified atom stereocenters. The van der Waals surface area contributed by atoms with Crippen molar-refractivity contribution >= 4 is 65.0 Å². The van der Waals surface area contributed by atoms with Gasteiger partial charge in [-0.05, 0) is 66.8 Å². The summed E-state index contributed by atoms with van der Waals surface area (Å²) >= 11 is 6.57. The number of primary amides is 1. The number of nitrogens with two attached hydrogens (primary N) is 1. The summed E-state index contributed by atoms with van der Waals surface area (Å²) in [5, 5.41) is 7.71. The molecule has 0 radical (unpaired) electrons. The first-order valence-corrected chi connectivity index (χ1v) is 21.6. The molecule has 4 atom stereocenters. The number of sulfonamides is 1. The number of aryl methyl sites for hydroxylation is 1. The van der Waals surface area contributed by atoms with Gasteiger partial charge in [-0.15, -0.1) is 0 Å². The molecule has 2 aliphatic carbocycles. The fourth-order valence-corrected chi connectivity index (χ4v) is 9.49. The van der Waals surface area contributed by atoms with Gasteiger partial charge in [0.05, 0.1) is 49.6 Å². The van der Waals surface area contributed by atoms with Gasteiger partial charge in [0.2, 0.25) is 15.9 Å². The standard InChI is InChI=1S/C36H29ClF6N8O6S2/c1-49-29-24(7-6-22(37)26(29)33(47-49)48-59(3,56)57)50-34(45-23-12-17(58(2,54)55)4-5-18(23)35(50)53)20(10-14-8-15(38)11-16(39)9-14)28(32(44)52)51-30-25(27(46-51)31(40)41)19-13-21(19)36(30,42)43/h4-9,11-12,19-21,28,31H,10,13H2,1-3H3,(H2,44,52)(H,47,48)/t19-,20-,21+,28?/m0/s1. The fraction of sp³-hybridized carbons (Fsp3) is 0.306. The van der Waals surface area contributed by atoms with E-state index in [-0.39, 0.29) is 55.2 Å². The predicted octanol–water partition coefficient (Wildman–Crippen LogP) is 5.37. The number of nitrogens with zero attached hydrogens (tertiary/aromatic N) is 6. The number of alkyl halides is 4. The number of carbonyl (C=O) groups excluding carboxylic acids is 1. The van der Waals surface area contributed by atoms with Gasteiger partial charge in [0.15, 0.2) is 15.7 Å². The van der Waals surface area contributed by atoms with E-state index in [2.05, 4.69) is 19.9 Å². The molecule has 14 nitrogen and oxygen atoms in total. The normalized spacial score (nSPS) is 18.3. The molecule has 0 saturated heterocycles. The molecule has 2 aliphatic rings. The van der Waals surface area contributed by atoms with E-state index < -0.39 is 108 Å². The van der Waals surface area contributed by atoms with E-state index in [1.54, 1.807) is 0 Å². The maximum Gasteiger partial charge on any atom is 0.293 e. The number of halogens is 7. The molecule has 59 heavy (non-hydrogen) atoms. The third-order valence-electron chi connectivity index (χ3n) is 10.5. The van der Waals surface area contributed by atoms with Crippen molar-refractivity contribution in [2.45, 2.75) is 48.0 Å². The summed E-state index contributed by atoms with van der Waals surface area (Å²) < 4.78 is 146. The van der Waals surface area contributed by atoms with E-state index in [1.165, 1.54) is 19.2 Å². The zero-order chi connectivity index (χ0) is 42.8. The topological polar surface area (TPSA) is 194 Å². The lowest BCUT2D eigenvalue weighted by Crippen LogP contribution is -2.39. The number of aromatic nitrogens is 6. The molecule has 0 aliphatic heterocycles. The minimum absolute atomic E-state index is 0.0429. The van der Waals surface area contributed by atoms with Crippen LogP contribution in [-0.2, 0) is 44.0 Å². The number of hydrogen-bond donors (Lipinski definition) is 2. The summed E-state index contributed by atoms with van der Waals surface area (Å²) in [6.07, 6.45) is -2.56. The minimum Gasteiger partial charge on any atom is -0.368 e. The molecular weight excluding hydrogens is 854 g/mol. The van der Waals surface area contributed by atoms with Crippen LogP contribution in [0.4, 0.5) is 32.2 Å². The summed E-state index contributed by atoms with van der Waals surface area (Å²) in [4.78, 5) is 33.1. The molecule has 1 amide bonds. The van der Waals surface area contributed by atoms with E-state index in [1.807, 2.05) is 0 Å². The molecule has 0 bridgehead atoms. The lowest BCUT2D eigenvalue weighted by atomic mass is 9.89. The highest BCUT2D eigenvalue weighted by Gasteiger charge is 2.67. The molecule has 1 saturated carbocycles. The number of carbonyl (C=O) groups is 1. The minimum atomic E-state index is -3.99. The summed E-state index contributed by atoms with van der Waals surface area (Å²) in [7, 11) is -6.60. The van der Waals surface area contributed by atoms with Crippen molar-refractivity contribution in [2.75, 3.05) is 17.2 Å². The van der Waals surface area contributed by atoms with Gasteiger partial charge >= 0.3 is 0 Å². The molecule has 3 aromatic heterocycles. The monoisotopic (exact) mass is 882 g/mol. The Kier molecular flexibility index (Phi) is 9.24. The summed E-state index contributed by atoms with van der Waals surface area (Å²) in [5.41, 5.74) is 1.68. The van der Waals surface area contributed by atoms with Gasteiger partial charge in [-0.1, -0.05) is 11.6 Å². The van der Waals surface area contributed by atoms with Crippen LogP contribution in [0.1, 0.15) is 59.1 Å². The lowest BCUT2D eigenvalue weighted by Gasteiger charge is -2.30. The van der Waals surface area contributed by atoms with Crippen molar-refractivity contribution in [2.24, 2.45) is 18.7 Å². The largest absolute Gasteiger partial charge is 0.368 e. The average Bonchev–Trinajstić information content (AvgIpc) is 3.64. The summed E-state index contributed by atoms with van der Waals surface area (Å²) in [5.74, 6) is -12.6. The van der Waals surface area contributed by atoms with Crippen molar-refractivity contribution in [3.8, 4) is 5.69 Å². The van der Waals surface area contributed by atoms with Crippen LogP contribution in [0.3, 0.4) is 0 Å². The number of nitrogens with one attached hydrogen (secondary N) is 1. The Morgan fingerprint density at radius 1 is 1.03 bits per heavy atom. The molecule has 8 rings (SSSR count). The van der Waals surface area contributed by atoms with Gasteiger partial charge in [0, 0.05) is 30.9 Å². The van der Waals surface area contributed by atoms with Crippen molar-refractivity contribution in [3.05, 3.63) is 104 Å². The van der Waals surface area contributed by atoms with Crippen LogP contribution >= 0.6 is 11.6 Å². The molecule has 3 aromatic carbocycles.